The number of aliphatic hydroxyl groups excluding tert-OH is 1. The number of nitrogens with one attached hydrogen (secondary N) is 1. The zero-order chi connectivity index (χ0) is 24.7. The molecule has 3 rings (SSSR count). The van der Waals surface area contributed by atoms with Gasteiger partial charge < -0.3 is 16.2 Å². The fourth-order valence-electron chi connectivity index (χ4n) is 4.26. The minimum absolute atomic E-state index is 0.212. The van der Waals surface area contributed by atoms with E-state index >= 15 is 0 Å². The first kappa shape index (κ1) is 24.6. The number of hydrogen-bond acceptors (Lipinski definition) is 4. The second-order valence-corrected chi connectivity index (χ2v) is 8.29. The van der Waals surface area contributed by atoms with Gasteiger partial charge in [-0.15, -0.1) is 0 Å². The molecule has 0 bridgehead atoms. The van der Waals surface area contributed by atoms with E-state index in [4.69, 9.17) is 5.73 Å². The highest BCUT2D eigenvalue weighted by atomic mass is 16.3. The molecule has 34 heavy (non-hydrogen) atoms. The van der Waals surface area contributed by atoms with Crippen LogP contribution in [0.15, 0.2) is 109 Å². The minimum atomic E-state index is -0.785. The fraction of sp³-hybridized carbons (Fsp3) is 0.214. The van der Waals surface area contributed by atoms with Crippen molar-refractivity contribution in [3.05, 3.63) is 120 Å². The SMILES string of the molecule is C=C(N)/C=C(\C=C/C)CC[C@H]1C(=O)N(C(=O)NC(c2ccccc2)c2ccccc2)C1C(=C)O. The molecule has 1 aliphatic rings. The fourth-order valence-corrected chi connectivity index (χ4v) is 4.26. The largest absolute Gasteiger partial charge is 0.511 e. The molecule has 3 amide bonds. The zero-order valence-electron chi connectivity index (χ0n) is 19.4. The number of carbonyl (C=O) groups is 2. The summed E-state index contributed by atoms with van der Waals surface area (Å²) in [4.78, 5) is 27.3. The molecule has 1 aliphatic heterocycles. The summed E-state index contributed by atoms with van der Waals surface area (Å²) in [5.41, 5.74) is 8.80. The van der Waals surface area contributed by atoms with Crippen LogP contribution in [0, 0.1) is 5.92 Å². The highest BCUT2D eigenvalue weighted by Gasteiger charge is 2.52. The number of β-lactam (4-membered cyclic amide) rings is 1. The van der Waals surface area contributed by atoms with Crippen molar-refractivity contribution >= 4 is 11.9 Å². The molecule has 1 heterocycles. The molecule has 6 heteroatoms. The van der Waals surface area contributed by atoms with Gasteiger partial charge in [0.25, 0.3) is 0 Å². The number of aliphatic hydroxyl groups is 1. The molecule has 1 saturated heterocycles. The molecule has 2 aromatic carbocycles. The number of imide groups is 1. The van der Waals surface area contributed by atoms with Gasteiger partial charge in [0.2, 0.25) is 5.91 Å². The standard InChI is InChI=1S/C28H31N3O3/c1-4-11-21(18-19(2)29)16-17-24-26(20(3)32)31(27(24)33)28(34)30-25(22-12-7-5-8-13-22)23-14-9-6-10-15-23/h4-15,18,24-26,32H,2-3,16-17,29H2,1H3,(H,30,34)/b11-4-,21-18+/t24-,26?/m1/s1. The highest BCUT2D eigenvalue weighted by molar-refractivity contribution is 6.02. The van der Waals surface area contributed by atoms with Crippen LogP contribution in [0.5, 0.6) is 0 Å². The molecule has 176 valence electrons. The molecular formula is C28H31N3O3. The average molecular weight is 458 g/mol. The lowest BCUT2D eigenvalue weighted by molar-refractivity contribution is -0.149. The molecule has 0 radical (unpaired) electrons. The molecule has 0 aliphatic carbocycles. The summed E-state index contributed by atoms with van der Waals surface area (Å²) < 4.78 is 0. The third-order valence-electron chi connectivity index (χ3n) is 5.80. The molecule has 2 aromatic rings. The second-order valence-electron chi connectivity index (χ2n) is 8.29. The van der Waals surface area contributed by atoms with Crippen molar-refractivity contribution in [2.75, 3.05) is 0 Å². The van der Waals surface area contributed by atoms with Crippen LogP contribution in [0.2, 0.25) is 0 Å². The molecule has 2 atom stereocenters. The van der Waals surface area contributed by atoms with Crippen molar-refractivity contribution in [1.29, 1.82) is 0 Å². The van der Waals surface area contributed by atoms with E-state index in [0.29, 0.717) is 18.5 Å². The monoisotopic (exact) mass is 457 g/mol. The van der Waals surface area contributed by atoms with Crippen LogP contribution in [0.25, 0.3) is 0 Å². The molecular weight excluding hydrogens is 426 g/mol. The molecule has 6 nitrogen and oxygen atoms in total. The van der Waals surface area contributed by atoms with Gasteiger partial charge in [-0.25, -0.2) is 4.79 Å². The Bertz CT molecular complexity index is 1070. The Balaban J connectivity index is 1.78. The van der Waals surface area contributed by atoms with Gasteiger partial charge in [0.1, 0.15) is 11.8 Å². The predicted molar refractivity (Wildman–Crippen MR) is 135 cm³/mol. The number of carbonyl (C=O) groups excluding carboxylic acids is 2. The highest BCUT2D eigenvalue weighted by Crippen LogP contribution is 2.36. The van der Waals surface area contributed by atoms with Gasteiger partial charge >= 0.3 is 6.03 Å². The number of likely N-dealkylation sites (tertiary alicyclic amines) is 1. The predicted octanol–water partition coefficient (Wildman–Crippen LogP) is 5.14. The molecule has 0 aromatic heterocycles. The molecule has 1 unspecified atom stereocenters. The number of hydrogen-bond donors (Lipinski definition) is 3. The molecule has 0 spiro atoms. The van der Waals surface area contributed by atoms with Gasteiger partial charge in [0, 0.05) is 5.70 Å². The van der Waals surface area contributed by atoms with Crippen LogP contribution in [-0.4, -0.2) is 28.0 Å². The Morgan fingerprint density at radius 2 is 1.68 bits per heavy atom. The van der Waals surface area contributed by atoms with Crippen LogP contribution in [-0.2, 0) is 4.79 Å². The van der Waals surface area contributed by atoms with E-state index in [2.05, 4.69) is 18.5 Å². The smallest absolute Gasteiger partial charge is 0.325 e. The van der Waals surface area contributed by atoms with Crippen molar-refractivity contribution in [2.24, 2.45) is 11.7 Å². The minimum Gasteiger partial charge on any atom is -0.511 e. The summed E-state index contributed by atoms with van der Waals surface area (Å²) in [6.45, 7) is 9.21. The maximum Gasteiger partial charge on any atom is 0.325 e. The van der Waals surface area contributed by atoms with E-state index < -0.39 is 24.0 Å². The Labute approximate surface area is 200 Å². The van der Waals surface area contributed by atoms with Crippen LogP contribution < -0.4 is 11.1 Å². The van der Waals surface area contributed by atoms with E-state index in [0.717, 1.165) is 21.6 Å². The Kier molecular flexibility index (Phi) is 8.09. The summed E-state index contributed by atoms with van der Waals surface area (Å²) in [6.07, 6.45) is 6.52. The maximum atomic E-state index is 13.2. The van der Waals surface area contributed by atoms with Gasteiger partial charge in [0.15, 0.2) is 0 Å². The third kappa shape index (κ3) is 5.64. The number of nitrogens with zero attached hydrogens (tertiary/aromatic N) is 1. The van der Waals surface area contributed by atoms with Gasteiger partial charge in [-0.3, -0.25) is 9.69 Å². The third-order valence-corrected chi connectivity index (χ3v) is 5.80. The lowest BCUT2D eigenvalue weighted by atomic mass is 9.81. The van der Waals surface area contributed by atoms with Crippen LogP contribution in [0.1, 0.15) is 36.9 Å². The quantitative estimate of drug-likeness (QED) is 0.276. The summed E-state index contributed by atoms with van der Waals surface area (Å²) in [7, 11) is 0. The van der Waals surface area contributed by atoms with Crippen molar-refractivity contribution in [1.82, 2.24) is 10.2 Å². The first-order valence-corrected chi connectivity index (χ1v) is 11.2. The van der Waals surface area contributed by atoms with Crippen molar-refractivity contribution < 1.29 is 14.7 Å². The number of urea groups is 1. The number of allylic oxidation sites excluding steroid dienone is 4. The Morgan fingerprint density at radius 3 is 2.15 bits per heavy atom. The number of benzene rings is 2. The number of nitrogens with two attached hydrogens (primary N) is 1. The lowest BCUT2D eigenvalue weighted by Crippen LogP contribution is -2.66. The van der Waals surface area contributed by atoms with E-state index in [1.165, 1.54) is 0 Å². The van der Waals surface area contributed by atoms with Crippen molar-refractivity contribution in [2.45, 2.75) is 31.8 Å². The summed E-state index contributed by atoms with van der Waals surface area (Å²) in [5.74, 6) is -1.10. The molecule has 1 fully saturated rings. The molecule has 4 N–H and O–H groups in total. The summed E-state index contributed by atoms with van der Waals surface area (Å²) in [6, 6.07) is 17.3. The van der Waals surface area contributed by atoms with Gasteiger partial charge in [-0.05, 0) is 42.5 Å². The summed E-state index contributed by atoms with van der Waals surface area (Å²) >= 11 is 0. The van der Waals surface area contributed by atoms with Crippen molar-refractivity contribution in [3.63, 3.8) is 0 Å². The first-order chi connectivity index (χ1) is 16.3. The van der Waals surface area contributed by atoms with Crippen LogP contribution >= 0.6 is 0 Å². The van der Waals surface area contributed by atoms with E-state index in [9.17, 15) is 14.7 Å². The lowest BCUT2D eigenvalue weighted by Gasteiger charge is -2.45. The normalized spacial score (nSPS) is 18.1. The summed E-state index contributed by atoms with van der Waals surface area (Å²) in [5, 5.41) is 13.2. The van der Waals surface area contributed by atoms with E-state index in [1.807, 2.05) is 79.7 Å². The Hall–Kier alpha value is -4.06. The van der Waals surface area contributed by atoms with E-state index in [-0.39, 0.29) is 11.7 Å². The van der Waals surface area contributed by atoms with E-state index in [1.54, 1.807) is 6.08 Å². The topological polar surface area (TPSA) is 95.7 Å². The van der Waals surface area contributed by atoms with Crippen LogP contribution in [0.4, 0.5) is 4.79 Å². The number of rotatable bonds is 9. The van der Waals surface area contributed by atoms with Crippen molar-refractivity contribution in [3.8, 4) is 0 Å². The van der Waals surface area contributed by atoms with Gasteiger partial charge in [-0.2, -0.15) is 0 Å². The average Bonchev–Trinajstić information content (AvgIpc) is 2.81. The second kappa shape index (κ2) is 11.2. The first-order valence-electron chi connectivity index (χ1n) is 11.2. The van der Waals surface area contributed by atoms with Gasteiger partial charge in [-0.1, -0.05) is 86.0 Å². The zero-order valence-corrected chi connectivity index (χ0v) is 19.4. The van der Waals surface area contributed by atoms with Crippen LogP contribution in [0.3, 0.4) is 0 Å². The maximum absolute atomic E-state index is 13.2. The number of amides is 3. The van der Waals surface area contributed by atoms with Gasteiger partial charge in [0.05, 0.1) is 12.0 Å². The molecule has 0 saturated carbocycles. The Morgan fingerprint density at radius 1 is 1.12 bits per heavy atom.